The predicted octanol–water partition coefficient (Wildman–Crippen LogP) is 3.45. The number of nitrogens with zero attached hydrogens (tertiary/aromatic N) is 2. The number of carbonyl (C=O) groups excluding carboxylic acids is 2. The lowest BCUT2D eigenvalue weighted by molar-refractivity contribution is -0.143. The van der Waals surface area contributed by atoms with Crippen LogP contribution in [0.5, 0.6) is 11.5 Å². The van der Waals surface area contributed by atoms with Gasteiger partial charge >= 0.3 is 0 Å². The number of hydroxylamine groups is 1. The molecule has 3 atom stereocenters. The Morgan fingerprint density at radius 3 is 2.28 bits per heavy atom. The monoisotopic (exact) mass is 430 g/mol. The fraction of sp³-hybridized carbons (Fsp3) is 0.200. The van der Waals surface area contributed by atoms with Gasteiger partial charge in [-0.25, -0.2) is 5.06 Å². The number of ether oxygens (including phenoxy) is 1. The van der Waals surface area contributed by atoms with Gasteiger partial charge in [-0.1, -0.05) is 60.7 Å². The van der Waals surface area contributed by atoms with Gasteiger partial charge in [-0.2, -0.15) is 0 Å². The van der Waals surface area contributed by atoms with E-state index in [9.17, 15) is 14.7 Å². The van der Waals surface area contributed by atoms with E-state index in [1.807, 2.05) is 60.7 Å². The summed E-state index contributed by atoms with van der Waals surface area (Å²) < 4.78 is 5.27. The average molecular weight is 430 g/mol. The van der Waals surface area contributed by atoms with E-state index < -0.39 is 18.1 Å². The molecule has 2 saturated heterocycles. The van der Waals surface area contributed by atoms with Gasteiger partial charge in [0.05, 0.1) is 19.3 Å². The zero-order valence-corrected chi connectivity index (χ0v) is 17.4. The molecule has 0 saturated carbocycles. The molecule has 2 aliphatic heterocycles. The van der Waals surface area contributed by atoms with E-state index in [-0.39, 0.29) is 29.9 Å². The summed E-state index contributed by atoms with van der Waals surface area (Å²) in [6, 6.07) is 23.0. The number of aromatic hydroxyl groups is 1. The molecular weight excluding hydrogens is 408 g/mol. The molecule has 0 aromatic heterocycles. The van der Waals surface area contributed by atoms with Crippen molar-refractivity contribution >= 4 is 17.5 Å². The lowest BCUT2D eigenvalue weighted by Crippen LogP contribution is -2.37. The second-order valence-corrected chi connectivity index (χ2v) is 7.80. The normalized spacial score (nSPS) is 22.3. The fourth-order valence-electron chi connectivity index (χ4n) is 4.45. The molecule has 0 spiro atoms. The van der Waals surface area contributed by atoms with Gasteiger partial charge in [-0.05, 0) is 23.8 Å². The van der Waals surface area contributed by atoms with Crippen molar-refractivity contribution in [3.05, 3.63) is 90.0 Å². The first kappa shape index (κ1) is 20.1. The molecule has 5 rings (SSSR count). The molecule has 0 aliphatic carbocycles. The molecule has 162 valence electrons. The van der Waals surface area contributed by atoms with Gasteiger partial charge in [0.25, 0.3) is 5.91 Å². The minimum absolute atomic E-state index is 0.0769. The van der Waals surface area contributed by atoms with Crippen LogP contribution in [-0.4, -0.2) is 35.0 Å². The largest absolute Gasteiger partial charge is 0.504 e. The van der Waals surface area contributed by atoms with Crippen LogP contribution < -0.4 is 9.80 Å². The number of hydrogen-bond acceptors (Lipinski definition) is 6. The van der Waals surface area contributed by atoms with Gasteiger partial charge in [0.1, 0.15) is 12.0 Å². The van der Waals surface area contributed by atoms with Gasteiger partial charge in [0, 0.05) is 5.56 Å². The highest BCUT2D eigenvalue weighted by Gasteiger charge is 2.60. The third kappa shape index (κ3) is 3.18. The highest BCUT2D eigenvalue weighted by Crippen LogP contribution is 2.50. The summed E-state index contributed by atoms with van der Waals surface area (Å²) in [6.07, 6.45) is -0.970. The summed E-state index contributed by atoms with van der Waals surface area (Å²) >= 11 is 0. The second kappa shape index (κ2) is 8.01. The Morgan fingerprint density at radius 1 is 0.906 bits per heavy atom. The lowest BCUT2D eigenvalue weighted by Gasteiger charge is -2.29. The maximum Gasteiger partial charge on any atom is 0.262 e. The number of fused-ring (bicyclic) bond motifs is 1. The molecule has 0 unspecified atom stereocenters. The van der Waals surface area contributed by atoms with Crippen molar-refractivity contribution in [2.24, 2.45) is 5.92 Å². The Balaban J connectivity index is 1.57. The number of phenolic OH excluding ortho intramolecular Hbond substituents is 1. The van der Waals surface area contributed by atoms with E-state index in [1.165, 1.54) is 12.0 Å². The first-order valence-electron chi connectivity index (χ1n) is 10.4. The van der Waals surface area contributed by atoms with E-state index in [1.54, 1.807) is 23.3 Å². The number of imide groups is 1. The number of anilines is 1. The summed E-state index contributed by atoms with van der Waals surface area (Å²) in [7, 11) is 1.47. The molecule has 2 heterocycles. The number of phenols is 1. The van der Waals surface area contributed by atoms with Crippen LogP contribution in [0, 0.1) is 5.92 Å². The van der Waals surface area contributed by atoms with E-state index in [2.05, 4.69) is 0 Å². The summed E-state index contributed by atoms with van der Waals surface area (Å²) in [4.78, 5) is 34.1. The molecule has 0 radical (unpaired) electrons. The Hall–Kier alpha value is -3.84. The molecule has 0 bridgehead atoms. The highest BCUT2D eigenvalue weighted by atomic mass is 16.7. The summed E-state index contributed by atoms with van der Waals surface area (Å²) in [5.41, 5.74) is 2.00. The number of methoxy groups -OCH3 is 1. The Labute approximate surface area is 185 Å². The molecule has 2 fully saturated rings. The fourth-order valence-corrected chi connectivity index (χ4v) is 4.45. The molecule has 7 nitrogen and oxygen atoms in total. The highest BCUT2D eigenvalue weighted by molar-refractivity contribution is 6.07. The zero-order chi connectivity index (χ0) is 22.2. The van der Waals surface area contributed by atoms with E-state index in [0.29, 0.717) is 11.3 Å². The molecule has 2 amide bonds. The van der Waals surface area contributed by atoms with Crippen LogP contribution in [0.2, 0.25) is 0 Å². The average Bonchev–Trinajstić information content (AvgIpc) is 3.32. The van der Waals surface area contributed by atoms with Crippen molar-refractivity contribution in [3.63, 3.8) is 0 Å². The van der Waals surface area contributed by atoms with Crippen LogP contribution >= 0.6 is 0 Å². The van der Waals surface area contributed by atoms with Crippen molar-refractivity contribution in [1.29, 1.82) is 0 Å². The smallest absolute Gasteiger partial charge is 0.262 e. The number of benzene rings is 3. The summed E-state index contributed by atoms with van der Waals surface area (Å²) in [6.45, 7) is 0.178. The van der Waals surface area contributed by atoms with Crippen LogP contribution in [0.15, 0.2) is 78.9 Å². The second-order valence-electron chi connectivity index (χ2n) is 7.80. The van der Waals surface area contributed by atoms with E-state index in [0.717, 1.165) is 5.56 Å². The van der Waals surface area contributed by atoms with Gasteiger partial charge in [0.2, 0.25) is 5.91 Å². The van der Waals surface area contributed by atoms with Gasteiger partial charge in [-0.3, -0.25) is 19.3 Å². The number of para-hydroxylation sites is 2. The van der Waals surface area contributed by atoms with Crippen LogP contribution in [0.25, 0.3) is 0 Å². The summed E-state index contributed by atoms with van der Waals surface area (Å²) in [5, 5.41) is 12.4. The van der Waals surface area contributed by atoms with Crippen LogP contribution in [0.4, 0.5) is 5.69 Å². The first-order valence-corrected chi connectivity index (χ1v) is 10.4. The lowest BCUT2D eigenvalue weighted by atomic mass is 9.90. The van der Waals surface area contributed by atoms with Crippen LogP contribution in [0.3, 0.4) is 0 Å². The van der Waals surface area contributed by atoms with Crippen LogP contribution in [0.1, 0.15) is 17.2 Å². The molecule has 3 aromatic carbocycles. The Kier molecular flexibility index (Phi) is 5.03. The van der Waals surface area contributed by atoms with Crippen molar-refractivity contribution in [3.8, 4) is 11.5 Å². The molecule has 3 aromatic rings. The Bertz CT molecular complexity index is 1150. The van der Waals surface area contributed by atoms with Crippen molar-refractivity contribution in [2.45, 2.75) is 18.7 Å². The minimum Gasteiger partial charge on any atom is -0.504 e. The Morgan fingerprint density at radius 2 is 1.59 bits per heavy atom. The van der Waals surface area contributed by atoms with Gasteiger partial charge < -0.3 is 9.84 Å². The van der Waals surface area contributed by atoms with Crippen molar-refractivity contribution in [2.75, 3.05) is 12.2 Å². The number of amides is 2. The predicted molar refractivity (Wildman–Crippen MR) is 117 cm³/mol. The van der Waals surface area contributed by atoms with Crippen molar-refractivity contribution in [1.82, 2.24) is 4.90 Å². The van der Waals surface area contributed by atoms with Gasteiger partial charge in [-0.15, -0.1) is 0 Å². The quantitative estimate of drug-likeness (QED) is 0.625. The topological polar surface area (TPSA) is 79.3 Å². The maximum atomic E-state index is 13.5. The minimum atomic E-state index is -0.970. The number of rotatable bonds is 5. The third-order valence-electron chi connectivity index (χ3n) is 5.97. The standard InChI is InChI=1S/C25H22N2O5/c1-31-19-14-8-13-18(22(19)28)21-20-23(32-27(21)17-11-6-3-7-12-17)25(30)26(24(20)29)15-16-9-4-2-5-10-16/h2-14,20-21,23,28H,15H2,1H3/t20-,21+,23-/m1/s1. The summed E-state index contributed by atoms with van der Waals surface area (Å²) in [5.74, 6) is -1.29. The molecule has 7 heteroatoms. The van der Waals surface area contributed by atoms with E-state index in [4.69, 9.17) is 9.57 Å². The van der Waals surface area contributed by atoms with Crippen LogP contribution in [-0.2, 0) is 21.0 Å². The SMILES string of the molecule is COc1cccc([C@H]2[C@H]3C(=O)N(Cc4ccccc4)C(=O)[C@@H]3ON2c2ccccc2)c1O. The van der Waals surface area contributed by atoms with E-state index >= 15 is 0 Å². The molecular formula is C25H22N2O5. The molecule has 1 N–H and O–H groups in total. The number of carbonyl (C=O) groups is 2. The number of hydrogen-bond donors (Lipinski definition) is 1. The van der Waals surface area contributed by atoms with Gasteiger partial charge in [0.15, 0.2) is 17.6 Å². The first-order chi connectivity index (χ1) is 15.6. The van der Waals surface area contributed by atoms with Crippen molar-refractivity contribution < 1.29 is 24.3 Å². The molecule has 32 heavy (non-hydrogen) atoms. The zero-order valence-electron chi connectivity index (χ0n) is 17.4. The number of likely N-dealkylation sites (tertiary alicyclic amines) is 1. The maximum absolute atomic E-state index is 13.5. The molecule has 2 aliphatic rings. The third-order valence-corrected chi connectivity index (χ3v) is 5.97.